The van der Waals surface area contributed by atoms with Gasteiger partial charge in [-0.15, -0.1) is 0 Å². The number of benzene rings is 2. The number of nitrogens with one attached hydrogen (secondary N) is 3. The first kappa shape index (κ1) is 16.2. The molecule has 0 heterocycles. The van der Waals surface area contributed by atoms with E-state index in [2.05, 4.69) is 15.4 Å². The zero-order chi connectivity index (χ0) is 16.8. The van der Waals surface area contributed by atoms with Crippen LogP contribution in [0.25, 0.3) is 0 Å². The predicted octanol–water partition coefficient (Wildman–Crippen LogP) is 2.18. The Morgan fingerprint density at radius 3 is 2.17 bits per heavy atom. The Labute approximate surface area is 132 Å². The SMILES string of the molecule is O=C(Nc1ccc(N[SH](=O)=O)cc1)Nc1cccc([N+](=O)[O-])c1. The molecule has 0 spiro atoms. The molecular weight excluding hydrogens is 324 g/mol. The molecule has 0 fully saturated rings. The van der Waals surface area contributed by atoms with E-state index in [1.165, 1.54) is 48.5 Å². The first-order valence-corrected chi connectivity index (χ1v) is 7.45. The second-order valence-corrected chi connectivity index (χ2v) is 5.07. The highest BCUT2D eigenvalue weighted by Crippen LogP contribution is 2.18. The van der Waals surface area contributed by atoms with Crippen LogP contribution in [0.15, 0.2) is 48.5 Å². The lowest BCUT2D eigenvalue weighted by Crippen LogP contribution is -2.19. The molecule has 9 nitrogen and oxygen atoms in total. The summed E-state index contributed by atoms with van der Waals surface area (Å²) in [6.07, 6.45) is 0. The predicted molar refractivity (Wildman–Crippen MR) is 86.1 cm³/mol. The summed E-state index contributed by atoms with van der Waals surface area (Å²) in [5, 5.41) is 15.7. The number of non-ortho nitro benzene ring substituents is 1. The van der Waals surface area contributed by atoms with Gasteiger partial charge in [-0.25, -0.2) is 13.2 Å². The van der Waals surface area contributed by atoms with E-state index in [1.807, 2.05) is 0 Å². The van der Waals surface area contributed by atoms with Crippen LogP contribution in [0.1, 0.15) is 0 Å². The number of amides is 2. The smallest absolute Gasteiger partial charge is 0.308 e. The molecule has 2 rings (SSSR count). The molecule has 0 aliphatic heterocycles. The van der Waals surface area contributed by atoms with Gasteiger partial charge >= 0.3 is 6.03 Å². The van der Waals surface area contributed by atoms with E-state index in [4.69, 9.17) is 0 Å². The van der Waals surface area contributed by atoms with Gasteiger partial charge in [-0.2, -0.15) is 0 Å². The number of nitro benzene ring substituents is 1. The molecule has 2 aromatic carbocycles. The van der Waals surface area contributed by atoms with Crippen molar-refractivity contribution in [1.29, 1.82) is 0 Å². The van der Waals surface area contributed by atoms with Crippen LogP contribution in [0.5, 0.6) is 0 Å². The van der Waals surface area contributed by atoms with Crippen LogP contribution in [0.4, 0.5) is 27.5 Å². The first-order valence-electron chi connectivity index (χ1n) is 6.27. The standard InChI is InChI=1S/C13H12N4O5S/c18-13(15-11-2-1-3-12(8-11)17(19)20)14-9-4-6-10(7-5-9)16-23(21)22/h1-8,23H,(H2,14,15,18)(H,16,21,22). The lowest BCUT2D eigenvalue weighted by Gasteiger charge is -2.08. The minimum atomic E-state index is -2.75. The Morgan fingerprint density at radius 2 is 1.57 bits per heavy atom. The van der Waals surface area contributed by atoms with Crippen molar-refractivity contribution in [2.45, 2.75) is 0 Å². The van der Waals surface area contributed by atoms with Crippen LogP contribution in [0, 0.1) is 10.1 Å². The van der Waals surface area contributed by atoms with Crippen molar-refractivity contribution in [2.75, 3.05) is 15.4 Å². The number of nitrogens with zero attached hydrogens (tertiary/aromatic N) is 1. The molecule has 0 saturated carbocycles. The molecule has 0 saturated heterocycles. The second-order valence-electron chi connectivity index (χ2n) is 4.33. The van der Waals surface area contributed by atoms with Crippen LogP contribution in [-0.4, -0.2) is 19.4 Å². The average molecular weight is 336 g/mol. The quantitative estimate of drug-likeness (QED) is 0.378. The molecular formula is C13H12N4O5S. The third kappa shape index (κ3) is 4.97. The van der Waals surface area contributed by atoms with Gasteiger partial charge in [0.15, 0.2) is 0 Å². The zero-order valence-corrected chi connectivity index (χ0v) is 12.4. The summed E-state index contributed by atoms with van der Waals surface area (Å²) in [4.78, 5) is 21.9. The van der Waals surface area contributed by atoms with E-state index in [1.54, 1.807) is 0 Å². The number of carbonyl (C=O) groups is 1. The fourth-order valence-electron chi connectivity index (χ4n) is 1.72. The van der Waals surface area contributed by atoms with E-state index in [0.717, 1.165) is 0 Å². The number of nitro groups is 1. The van der Waals surface area contributed by atoms with Crippen molar-refractivity contribution in [3.8, 4) is 0 Å². The molecule has 2 aromatic rings. The van der Waals surface area contributed by atoms with Crippen LogP contribution in [0.2, 0.25) is 0 Å². The van der Waals surface area contributed by atoms with Gasteiger partial charge in [0, 0.05) is 29.2 Å². The number of carbonyl (C=O) groups excluding carboxylic acids is 1. The van der Waals surface area contributed by atoms with Crippen molar-refractivity contribution in [3.63, 3.8) is 0 Å². The maximum Gasteiger partial charge on any atom is 0.323 e. The number of anilines is 3. The fraction of sp³-hybridized carbons (Fsp3) is 0. The number of thiol groups is 1. The maximum absolute atomic E-state index is 11.8. The summed E-state index contributed by atoms with van der Waals surface area (Å²) in [5.74, 6) is 0. The molecule has 0 aliphatic rings. The van der Waals surface area contributed by atoms with Crippen molar-refractivity contribution in [2.24, 2.45) is 0 Å². The highest BCUT2D eigenvalue weighted by Gasteiger charge is 2.08. The van der Waals surface area contributed by atoms with Crippen LogP contribution in [-0.2, 0) is 10.9 Å². The Kier molecular flexibility index (Phi) is 5.10. The number of hydrogen-bond donors (Lipinski definition) is 4. The maximum atomic E-state index is 11.8. The monoisotopic (exact) mass is 336 g/mol. The Morgan fingerprint density at radius 1 is 0.957 bits per heavy atom. The van der Waals surface area contributed by atoms with E-state index in [0.29, 0.717) is 11.4 Å². The normalized spacial score (nSPS) is 10.1. The molecule has 0 radical (unpaired) electrons. The zero-order valence-electron chi connectivity index (χ0n) is 11.6. The molecule has 120 valence electrons. The summed E-state index contributed by atoms with van der Waals surface area (Å²) >= 11 is 0. The number of rotatable bonds is 5. The molecule has 0 unspecified atom stereocenters. The largest absolute Gasteiger partial charge is 0.323 e. The van der Waals surface area contributed by atoms with E-state index >= 15 is 0 Å². The van der Waals surface area contributed by atoms with Crippen LogP contribution >= 0.6 is 0 Å². The van der Waals surface area contributed by atoms with Crippen molar-refractivity contribution < 1.29 is 18.1 Å². The highest BCUT2D eigenvalue weighted by atomic mass is 32.2. The molecule has 0 bridgehead atoms. The third-order valence-corrected chi connectivity index (χ3v) is 3.12. The van der Waals surface area contributed by atoms with Crippen molar-refractivity contribution >= 4 is 39.7 Å². The second kappa shape index (κ2) is 7.22. The Balaban J connectivity index is 1.99. The van der Waals surface area contributed by atoms with E-state index in [-0.39, 0.29) is 11.4 Å². The highest BCUT2D eigenvalue weighted by molar-refractivity contribution is 7.73. The van der Waals surface area contributed by atoms with Gasteiger partial charge in [0.05, 0.1) is 4.92 Å². The Hall–Kier alpha value is -3.14. The van der Waals surface area contributed by atoms with Crippen molar-refractivity contribution in [3.05, 3.63) is 58.6 Å². The molecule has 0 atom stereocenters. The minimum absolute atomic E-state index is 0.134. The molecule has 0 aliphatic carbocycles. The Bertz CT molecular complexity index is 796. The van der Waals surface area contributed by atoms with Crippen LogP contribution in [0.3, 0.4) is 0 Å². The van der Waals surface area contributed by atoms with Gasteiger partial charge in [0.25, 0.3) is 5.69 Å². The third-order valence-electron chi connectivity index (χ3n) is 2.68. The number of urea groups is 1. The number of hydrogen-bond acceptors (Lipinski definition) is 5. The fourth-order valence-corrected chi connectivity index (χ4v) is 2.08. The molecule has 3 N–H and O–H groups in total. The van der Waals surface area contributed by atoms with Gasteiger partial charge in [-0.1, -0.05) is 6.07 Å². The molecule has 10 heteroatoms. The average Bonchev–Trinajstić information content (AvgIpc) is 2.49. The van der Waals surface area contributed by atoms with Gasteiger partial charge in [0.1, 0.15) is 0 Å². The summed E-state index contributed by atoms with van der Waals surface area (Å²) in [5.41, 5.74) is 0.939. The lowest BCUT2D eigenvalue weighted by molar-refractivity contribution is -0.384. The van der Waals surface area contributed by atoms with Gasteiger partial charge in [-0.3, -0.25) is 14.8 Å². The van der Waals surface area contributed by atoms with Crippen molar-refractivity contribution in [1.82, 2.24) is 0 Å². The molecule has 0 aromatic heterocycles. The van der Waals surface area contributed by atoms with E-state index < -0.39 is 21.8 Å². The minimum Gasteiger partial charge on any atom is -0.308 e. The lowest BCUT2D eigenvalue weighted by atomic mass is 10.3. The molecule has 23 heavy (non-hydrogen) atoms. The summed E-state index contributed by atoms with van der Waals surface area (Å²) in [7, 11) is -2.75. The summed E-state index contributed by atoms with van der Waals surface area (Å²) < 4.78 is 23.2. The van der Waals surface area contributed by atoms with Gasteiger partial charge < -0.3 is 10.6 Å². The van der Waals surface area contributed by atoms with Gasteiger partial charge in [0.2, 0.25) is 10.9 Å². The van der Waals surface area contributed by atoms with Gasteiger partial charge in [-0.05, 0) is 30.3 Å². The van der Waals surface area contributed by atoms with E-state index in [9.17, 15) is 23.3 Å². The summed E-state index contributed by atoms with van der Waals surface area (Å²) in [6.45, 7) is 0. The topological polar surface area (TPSA) is 130 Å². The first-order chi connectivity index (χ1) is 10.9. The molecule has 2 amide bonds. The summed E-state index contributed by atoms with van der Waals surface area (Å²) in [6, 6.07) is 10.9. The van der Waals surface area contributed by atoms with Crippen LogP contribution < -0.4 is 15.4 Å².